The SMILES string of the molecule is C=CCN(c1ccc(C(=O)NCCC[NH+]2CCOCC2)cc1)S(C)(=O)=O. The summed E-state index contributed by atoms with van der Waals surface area (Å²) < 4.78 is 30.2. The minimum Gasteiger partial charge on any atom is -0.370 e. The van der Waals surface area contributed by atoms with E-state index in [0.29, 0.717) is 17.8 Å². The van der Waals surface area contributed by atoms with Crippen LogP contribution in [0.3, 0.4) is 0 Å². The second-order valence-corrected chi connectivity index (χ2v) is 8.26. The number of ether oxygens (including phenoxy) is 1. The summed E-state index contributed by atoms with van der Waals surface area (Å²) in [7, 11) is -3.39. The van der Waals surface area contributed by atoms with Gasteiger partial charge in [0.05, 0.1) is 38.2 Å². The van der Waals surface area contributed by atoms with Crippen LogP contribution in [0.4, 0.5) is 5.69 Å². The van der Waals surface area contributed by atoms with Crippen LogP contribution in [0.2, 0.25) is 0 Å². The van der Waals surface area contributed by atoms with E-state index in [4.69, 9.17) is 4.74 Å². The number of morpholine rings is 1. The first kappa shape index (κ1) is 20.4. The van der Waals surface area contributed by atoms with E-state index in [-0.39, 0.29) is 12.5 Å². The van der Waals surface area contributed by atoms with Gasteiger partial charge in [0.1, 0.15) is 13.1 Å². The van der Waals surface area contributed by atoms with Crippen LogP contribution in [0.25, 0.3) is 0 Å². The van der Waals surface area contributed by atoms with Gasteiger partial charge in [-0.25, -0.2) is 8.42 Å². The van der Waals surface area contributed by atoms with Gasteiger partial charge in [0.15, 0.2) is 0 Å². The highest BCUT2D eigenvalue weighted by Crippen LogP contribution is 2.18. The van der Waals surface area contributed by atoms with Crippen molar-refractivity contribution in [1.29, 1.82) is 0 Å². The molecule has 1 heterocycles. The van der Waals surface area contributed by atoms with Gasteiger partial charge in [-0.3, -0.25) is 9.10 Å². The largest absolute Gasteiger partial charge is 0.370 e. The minimum absolute atomic E-state index is 0.150. The highest BCUT2D eigenvalue weighted by molar-refractivity contribution is 7.92. The van der Waals surface area contributed by atoms with Crippen molar-refractivity contribution in [3.8, 4) is 0 Å². The lowest BCUT2D eigenvalue weighted by molar-refractivity contribution is -0.908. The lowest BCUT2D eigenvalue weighted by Gasteiger charge is -2.23. The first-order chi connectivity index (χ1) is 12.4. The van der Waals surface area contributed by atoms with Crippen molar-refractivity contribution >= 4 is 21.6 Å². The molecule has 1 aromatic rings. The van der Waals surface area contributed by atoms with Gasteiger partial charge >= 0.3 is 0 Å². The van der Waals surface area contributed by atoms with Gasteiger partial charge in [-0.2, -0.15) is 0 Å². The number of hydrogen-bond donors (Lipinski definition) is 2. The van der Waals surface area contributed by atoms with E-state index in [1.165, 1.54) is 15.3 Å². The zero-order valence-corrected chi connectivity index (χ0v) is 16.1. The van der Waals surface area contributed by atoms with Gasteiger partial charge in [0, 0.05) is 18.5 Å². The van der Waals surface area contributed by atoms with Gasteiger partial charge in [-0.1, -0.05) is 6.08 Å². The second-order valence-electron chi connectivity index (χ2n) is 6.35. The topological polar surface area (TPSA) is 80.2 Å². The second kappa shape index (κ2) is 9.70. The van der Waals surface area contributed by atoms with Gasteiger partial charge in [-0.05, 0) is 24.3 Å². The summed E-state index contributed by atoms with van der Waals surface area (Å²) in [5.41, 5.74) is 1.03. The molecule has 144 valence electrons. The molecule has 1 amide bonds. The van der Waals surface area contributed by atoms with Crippen LogP contribution in [0.1, 0.15) is 16.8 Å². The molecule has 1 fully saturated rings. The van der Waals surface area contributed by atoms with Crippen molar-refractivity contribution in [2.45, 2.75) is 6.42 Å². The molecule has 1 aliphatic rings. The van der Waals surface area contributed by atoms with E-state index in [1.54, 1.807) is 24.3 Å². The predicted octanol–water partition coefficient (Wildman–Crippen LogP) is -0.326. The summed E-state index contributed by atoms with van der Waals surface area (Å²) in [5, 5.41) is 2.91. The number of anilines is 1. The first-order valence-corrected chi connectivity index (χ1v) is 10.6. The molecule has 1 aromatic carbocycles. The number of nitrogens with one attached hydrogen (secondary N) is 2. The summed E-state index contributed by atoms with van der Waals surface area (Å²) in [6.07, 6.45) is 3.59. The van der Waals surface area contributed by atoms with Crippen molar-refractivity contribution in [3.05, 3.63) is 42.5 Å². The molecule has 0 atom stereocenters. The molecule has 0 radical (unpaired) electrons. The molecule has 2 N–H and O–H groups in total. The van der Waals surface area contributed by atoms with Gasteiger partial charge in [0.25, 0.3) is 5.91 Å². The van der Waals surface area contributed by atoms with Crippen LogP contribution in [-0.2, 0) is 14.8 Å². The molecule has 26 heavy (non-hydrogen) atoms. The Hall–Kier alpha value is -1.90. The smallest absolute Gasteiger partial charge is 0.251 e. The van der Waals surface area contributed by atoms with Crippen molar-refractivity contribution in [2.24, 2.45) is 0 Å². The number of carbonyl (C=O) groups is 1. The Bertz CT molecular complexity index is 698. The molecule has 0 saturated carbocycles. The third-order valence-electron chi connectivity index (χ3n) is 4.31. The van der Waals surface area contributed by atoms with Crippen molar-refractivity contribution in [2.75, 3.05) is 56.5 Å². The highest BCUT2D eigenvalue weighted by Gasteiger charge is 2.16. The van der Waals surface area contributed by atoms with E-state index < -0.39 is 10.0 Å². The summed E-state index contributed by atoms with van der Waals surface area (Å²) in [6.45, 7) is 9.08. The van der Waals surface area contributed by atoms with Gasteiger partial charge in [0.2, 0.25) is 10.0 Å². The molecule has 8 heteroatoms. The minimum atomic E-state index is -3.39. The van der Waals surface area contributed by atoms with Crippen LogP contribution in [0.5, 0.6) is 0 Å². The average Bonchev–Trinajstić information content (AvgIpc) is 2.63. The van der Waals surface area contributed by atoms with Crippen LogP contribution < -0.4 is 14.5 Å². The quantitative estimate of drug-likeness (QED) is 0.453. The lowest BCUT2D eigenvalue weighted by Crippen LogP contribution is -3.14. The predicted molar refractivity (Wildman–Crippen MR) is 102 cm³/mol. The number of quaternary nitrogens is 1. The van der Waals surface area contributed by atoms with E-state index >= 15 is 0 Å². The molecule has 0 aliphatic carbocycles. The third kappa shape index (κ3) is 6.12. The fourth-order valence-corrected chi connectivity index (χ4v) is 3.76. The Morgan fingerprint density at radius 1 is 1.31 bits per heavy atom. The van der Waals surface area contributed by atoms with Gasteiger partial charge < -0.3 is 15.0 Å². The summed E-state index contributed by atoms with van der Waals surface area (Å²) >= 11 is 0. The molecule has 7 nitrogen and oxygen atoms in total. The van der Waals surface area contributed by atoms with E-state index in [0.717, 1.165) is 45.5 Å². The molecule has 0 unspecified atom stereocenters. The molecule has 0 spiro atoms. The molecule has 1 saturated heterocycles. The molecule has 0 bridgehead atoms. The van der Waals surface area contributed by atoms with Crippen LogP contribution in [0, 0.1) is 0 Å². The Kier molecular flexibility index (Phi) is 7.62. The molecular weight excluding hydrogens is 354 g/mol. The summed E-state index contributed by atoms with van der Waals surface area (Å²) in [4.78, 5) is 13.7. The fraction of sp³-hybridized carbons (Fsp3) is 0.500. The number of nitrogens with zero attached hydrogens (tertiary/aromatic N) is 1. The fourth-order valence-electron chi connectivity index (χ4n) is 2.88. The number of amides is 1. The number of hydrogen-bond acceptors (Lipinski definition) is 4. The van der Waals surface area contributed by atoms with E-state index in [1.807, 2.05) is 0 Å². The van der Waals surface area contributed by atoms with Crippen LogP contribution in [0.15, 0.2) is 36.9 Å². The first-order valence-electron chi connectivity index (χ1n) is 8.80. The Labute approximate surface area is 155 Å². The molecule has 0 aromatic heterocycles. The highest BCUT2D eigenvalue weighted by atomic mass is 32.2. The van der Waals surface area contributed by atoms with Crippen LogP contribution >= 0.6 is 0 Å². The van der Waals surface area contributed by atoms with Gasteiger partial charge in [-0.15, -0.1) is 6.58 Å². The Balaban J connectivity index is 1.84. The van der Waals surface area contributed by atoms with Crippen molar-refractivity contribution < 1.29 is 22.8 Å². The number of sulfonamides is 1. The maximum Gasteiger partial charge on any atom is 0.251 e. The summed E-state index contributed by atoms with van der Waals surface area (Å²) in [6, 6.07) is 6.55. The maximum atomic E-state index is 12.2. The standard InChI is InChI=1S/C18H27N3O4S/c1-3-10-21(26(2,23)24)17-7-5-16(6-8-17)18(22)19-9-4-11-20-12-14-25-15-13-20/h3,5-8H,1,4,9-15H2,2H3,(H,19,22)/p+1. The monoisotopic (exact) mass is 382 g/mol. The molecular formula is C18H28N3O4S+. The molecule has 2 rings (SSSR count). The Morgan fingerprint density at radius 2 is 1.96 bits per heavy atom. The average molecular weight is 383 g/mol. The normalized spacial score (nSPS) is 15.4. The van der Waals surface area contributed by atoms with Crippen LogP contribution in [-0.4, -0.2) is 66.5 Å². The zero-order chi connectivity index (χ0) is 19.0. The van der Waals surface area contributed by atoms with E-state index in [9.17, 15) is 13.2 Å². The molecule has 1 aliphatic heterocycles. The van der Waals surface area contributed by atoms with Crippen molar-refractivity contribution in [3.63, 3.8) is 0 Å². The Morgan fingerprint density at radius 3 is 2.54 bits per heavy atom. The van der Waals surface area contributed by atoms with Crippen molar-refractivity contribution in [1.82, 2.24) is 5.32 Å². The maximum absolute atomic E-state index is 12.2. The number of rotatable bonds is 9. The van der Waals surface area contributed by atoms with E-state index in [2.05, 4.69) is 11.9 Å². The number of carbonyl (C=O) groups excluding carboxylic acids is 1. The third-order valence-corrected chi connectivity index (χ3v) is 5.47. The number of benzene rings is 1. The lowest BCUT2D eigenvalue weighted by atomic mass is 10.2. The summed E-state index contributed by atoms with van der Waals surface area (Å²) in [5.74, 6) is -0.150. The zero-order valence-electron chi connectivity index (χ0n) is 15.2.